The summed E-state index contributed by atoms with van der Waals surface area (Å²) in [6.45, 7) is 8.10. The Kier molecular flexibility index (Phi) is 11.2. The van der Waals surface area contributed by atoms with Crippen molar-refractivity contribution in [2.45, 2.75) is 46.1 Å². The molecule has 0 saturated carbocycles. The summed E-state index contributed by atoms with van der Waals surface area (Å²) >= 11 is 0. The molecule has 1 fully saturated rings. The summed E-state index contributed by atoms with van der Waals surface area (Å²) in [6.07, 6.45) is 3.56. The van der Waals surface area contributed by atoms with Gasteiger partial charge in [0.2, 0.25) is 5.91 Å². The van der Waals surface area contributed by atoms with Crippen molar-refractivity contribution >= 4 is 35.8 Å². The molecule has 7 heteroatoms. The first-order chi connectivity index (χ1) is 12.6. The van der Waals surface area contributed by atoms with Gasteiger partial charge < -0.3 is 20.7 Å². The van der Waals surface area contributed by atoms with Gasteiger partial charge in [-0.15, -0.1) is 24.0 Å². The molecule has 0 spiro atoms. The van der Waals surface area contributed by atoms with Crippen molar-refractivity contribution in [3.05, 3.63) is 29.8 Å². The first-order valence-corrected chi connectivity index (χ1v) is 9.65. The zero-order valence-electron chi connectivity index (χ0n) is 16.4. The molecule has 0 aliphatic carbocycles. The molecule has 1 atom stereocenters. The number of hydrogen-bond acceptors (Lipinski definition) is 3. The maximum absolute atomic E-state index is 11.2. The Morgan fingerprint density at radius 1 is 1.41 bits per heavy atom. The second-order valence-corrected chi connectivity index (χ2v) is 6.79. The number of nitrogens with two attached hydrogens (primary N) is 1. The van der Waals surface area contributed by atoms with Crippen LogP contribution >= 0.6 is 24.0 Å². The molecule has 1 heterocycles. The van der Waals surface area contributed by atoms with Gasteiger partial charge in [-0.25, -0.2) is 4.99 Å². The number of ether oxygens (including phenoxy) is 1. The number of hydrogen-bond donors (Lipinski definition) is 2. The number of nitrogens with one attached hydrogen (secondary N) is 1. The molecule has 27 heavy (non-hydrogen) atoms. The highest BCUT2D eigenvalue weighted by molar-refractivity contribution is 14.0. The van der Waals surface area contributed by atoms with Gasteiger partial charge in [-0.2, -0.15) is 0 Å². The summed E-state index contributed by atoms with van der Waals surface area (Å²) in [5.41, 5.74) is 6.50. The molecular formula is C20H33IN4O2. The number of primary amides is 1. The van der Waals surface area contributed by atoms with E-state index in [1.807, 2.05) is 12.1 Å². The van der Waals surface area contributed by atoms with Crippen LogP contribution in [0.5, 0.6) is 5.75 Å². The van der Waals surface area contributed by atoms with E-state index in [0.29, 0.717) is 18.9 Å². The van der Waals surface area contributed by atoms with Gasteiger partial charge >= 0.3 is 0 Å². The van der Waals surface area contributed by atoms with Gasteiger partial charge in [0, 0.05) is 26.1 Å². The lowest BCUT2D eigenvalue weighted by Gasteiger charge is -2.34. The number of guanidine groups is 1. The molecule has 1 unspecified atom stereocenters. The highest BCUT2D eigenvalue weighted by atomic mass is 127. The number of rotatable bonds is 8. The molecule has 6 nitrogen and oxygen atoms in total. The van der Waals surface area contributed by atoms with E-state index in [1.165, 1.54) is 0 Å². The minimum atomic E-state index is -0.220. The summed E-state index contributed by atoms with van der Waals surface area (Å²) < 4.78 is 5.70. The van der Waals surface area contributed by atoms with Crippen molar-refractivity contribution in [1.29, 1.82) is 0 Å². The van der Waals surface area contributed by atoms with Crippen LogP contribution in [-0.2, 0) is 11.3 Å². The van der Waals surface area contributed by atoms with Crippen LogP contribution in [0.4, 0.5) is 0 Å². The highest BCUT2D eigenvalue weighted by Gasteiger charge is 2.23. The van der Waals surface area contributed by atoms with Gasteiger partial charge in [-0.3, -0.25) is 4.79 Å². The monoisotopic (exact) mass is 488 g/mol. The van der Waals surface area contributed by atoms with Crippen LogP contribution in [0.25, 0.3) is 0 Å². The fourth-order valence-electron chi connectivity index (χ4n) is 3.25. The second kappa shape index (κ2) is 12.8. The van der Waals surface area contributed by atoms with Crippen molar-refractivity contribution in [2.24, 2.45) is 16.6 Å². The number of aliphatic imine (C=N–C) groups is 1. The molecule has 0 bridgehead atoms. The Bertz CT molecular complexity index is 609. The lowest BCUT2D eigenvalue weighted by atomic mass is 9.95. The topological polar surface area (TPSA) is 79.9 Å². The Morgan fingerprint density at radius 3 is 2.93 bits per heavy atom. The van der Waals surface area contributed by atoms with Gasteiger partial charge in [-0.05, 0) is 49.8 Å². The van der Waals surface area contributed by atoms with E-state index in [-0.39, 0.29) is 29.9 Å². The van der Waals surface area contributed by atoms with Crippen molar-refractivity contribution in [3.63, 3.8) is 0 Å². The van der Waals surface area contributed by atoms with Crippen LogP contribution in [0.1, 0.15) is 45.1 Å². The summed E-state index contributed by atoms with van der Waals surface area (Å²) in [5.74, 6) is 1.89. The molecule has 1 aliphatic rings. The number of carbonyl (C=O) groups is 1. The third-order valence-electron chi connectivity index (χ3n) is 4.43. The standard InChI is InChI=1S/C20H32N4O2.HI/c1-3-11-26-18-9-5-7-16(12-18)14-23-20(22-4-2)24-10-6-8-17(15-24)13-19(21)25;/h5,7,9,12,17H,3-4,6,8,10-11,13-15H2,1-2H3,(H2,21,25)(H,22,23);1H. The number of nitrogens with zero attached hydrogens (tertiary/aromatic N) is 2. The maximum Gasteiger partial charge on any atom is 0.217 e. The number of halogens is 1. The van der Waals surface area contributed by atoms with E-state index >= 15 is 0 Å². The maximum atomic E-state index is 11.2. The van der Waals surface area contributed by atoms with Crippen LogP contribution in [0.15, 0.2) is 29.3 Å². The minimum Gasteiger partial charge on any atom is -0.494 e. The Balaban J connectivity index is 0.00000364. The summed E-state index contributed by atoms with van der Waals surface area (Å²) in [5, 5.41) is 3.37. The second-order valence-electron chi connectivity index (χ2n) is 6.79. The molecule has 0 aromatic heterocycles. The highest BCUT2D eigenvalue weighted by Crippen LogP contribution is 2.20. The Morgan fingerprint density at radius 2 is 2.22 bits per heavy atom. The fourth-order valence-corrected chi connectivity index (χ4v) is 3.25. The van der Waals surface area contributed by atoms with E-state index in [9.17, 15) is 4.79 Å². The molecule has 0 radical (unpaired) electrons. The van der Waals surface area contributed by atoms with Gasteiger partial charge in [0.1, 0.15) is 5.75 Å². The predicted octanol–water partition coefficient (Wildman–Crippen LogP) is 3.15. The van der Waals surface area contributed by atoms with Gasteiger partial charge in [0.15, 0.2) is 5.96 Å². The van der Waals surface area contributed by atoms with Crippen LogP contribution in [0.3, 0.4) is 0 Å². The van der Waals surface area contributed by atoms with E-state index in [2.05, 4.69) is 36.2 Å². The molecular weight excluding hydrogens is 455 g/mol. The third-order valence-corrected chi connectivity index (χ3v) is 4.43. The average molecular weight is 488 g/mol. The number of amides is 1. The molecule has 1 aromatic rings. The zero-order chi connectivity index (χ0) is 18.8. The largest absolute Gasteiger partial charge is 0.494 e. The number of piperidine rings is 1. The normalized spacial score (nSPS) is 17.2. The molecule has 2 rings (SSSR count). The van der Waals surface area contributed by atoms with Gasteiger partial charge in [0.25, 0.3) is 0 Å². The lowest BCUT2D eigenvalue weighted by Crippen LogP contribution is -2.47. The SMILES string of the molecule is CCCOc1cccc(CN=C(NCC)N2CCCC(CC(N)=O)C2)c1.I. The van der Waals surface area contributed by atoms with E-state index < -0.39 is 0 Å². The third kappa shape index (κ3) is 8.36. The van der Waals surface area contributed by atoms with E-state index in [0.717, 1.165) is 62.8 Å². The molecule has 1 amide bonds. The van der Waals surface area contributed by atoms with E-state index in [1.54, 1.807) is 0 Å². The van der Waals surface area contributed by atoms with Crippen molar-refractivity contribution in [1.82, 2.24) is 10.2 Å². The average Bonchev–Trinajstić information content (AvgIpc) is 2.63. The number of likely N-dealkylation sites (tertiary alicyclic amines) is 1. The lowest BCUT2D eigenvalue weighted by molar-refractivity contribution is -0.119. The van der Waals surface area contributed by atoms with Crippen LogP contribution in [-0.4, -0.2) is 43.0 Å². The van der Waals surface area contributed by atoms with Crippen molar-refractivity contribution in [2.75, 3.05) is 26.2 Å². The molecule has 1 aliphatic heterocycles. The zero-order valence-corrected chi connectivity index (χ0v) is 18.8. The quantitative estimate of drug-likeness (QED) is 0.335. The number of benzene rings is 1. The van der Waals surface area contributed by atoms with Crippen LogP contribution in [0, 0.1) is 5.92 Å². The van der Waals surface area contributed by atoms with Crippen LogP contribution in [0.2, 0.25) is 0 Å². The molecule has 1 aromatic carbocycles. The number of carbonyl (C=O) groups excluding carboxylic acids is 1. The first-order valence-electron chi connectivity index (χ1n) is 9.65. The van der Waals surface area contributed by atoms with Gasteiger partial charge in [-0.1, -0.05) is 19.1 Å². The summed E-state index contributed by atoms with van der Waals surface area (Å²) in [6, 6.07) is 8.10. The van der Waals surface area contributed by atoms with Crippen molar-refractivity contribution in [3.8, 4) is 5.75 Å². The molecule has 152 valence electrons. The summed E-state index contributed by atoms with van der Waals surface area (Å²) in [7, 11) is 0. The van der Waals surface area contributed by atoms with Gasteiger partial charge in [0.05, 0.1) is 13.2 Å². The molecule has 1 saturated heterocycles. The predicted molar refractivity (Wildman–Crippen MR) is 121 cm³/mol. The van der Waals surface area contributed by atoms with E-state index in [4.69, 9.17) is 15.5 Å². The minimum absolute atomic E-state index is 0. The van der Waals surface area contributed by atoms with Crippen LogP contribution < -0.4 is 15.8 Å². The Hall–Kier alpha value is -1.51. The smallest absolute Gasteiger partial charge is 0.217 e. The fraction of sp³-hybridized carbons (Fsp3) is 0.600. The summed E-state index contributed by atoms with van der Waals surface area (Å²) in [4.78, 5) is 18.3. The first kappa shape index (κ1) is 23.5. The molecule has 3 N–H and O–H groups in total. The van der Waals surface area contributed by atoms with Crippen molar-refractivity contribution < 1.29 is 9.53 Å². The Labute approximate surface area is 179 Å².